The van der Waals surface area contributed by atoms with Crippen molar-refractivity contribution in [2.45, 2.75) is 11.2 Å². The Morgan fingerprint density at radius 3 is 3.15 bits per heavy atom. The highest BCUT2D eigenvalue weighted by molar-refractivity contribution is 7.99. The summed E-state index contributed by atoms with van der Waals surface area (Å²) in [5, 5.41) is 18.3. The van der Waals surface area contributed by atoms with Crippen LogP contribution < -0.4 is 5.32 Å². The summed E-state index contributed by atoms with van der Waals surface area (Å²) in [6, 6.07) is -0.560. The SMILES string of the molecule is CNC(CSc1ncn[nH]1)C(=O)O. The smallest absolute Gasteiger partial charge is 0.321 e. The van der Waals surface area contributed by atoms with Crippen molar-refractivity contribution in [2.75, 3.05) is 12.8 Å². The molecule has 1 rings (SSSR count). The van der Waals surface area contributed by atoms with Crippen molar-refractivity contribution in [1.82, 2.24) is 20.5 Å². The minimum Gasteiger partial charge on any atom is -0.480 e. The number of carboxylic acids is 1. The maximum atomic E-state index is 10.6. The molecule has 1 atom stereocenters. The van der Waals surface area contributed by atoms with Crippen LogP contribution in [0.1, 0.15) is 0 Å². The van der Waals surface area contributed by atoms with Crippen LogP contribution in [0.3, 0.4) is 0 Å². The molecule has 1 unspecified atom stereocenters. The lowest BCUT2D eigenvalue weighted by molar-refractivity contribution is -0.138. The number of aromatic nitrogens is 3. The van der Waals surface area contributed by atoms with Crippen molar-refractivity contribution in [1.29, 1.82) is 0 Å². The largest absolute Gasteiger partial charge is 0.480 e. The Labute approximate surface area is 79.1 Å². The number of aliphatic carboxylic acids is 1. The van der Waals surface area contributed by atoms with E-state index in [0.717, 1.165) is 0 Å². The number of aromatic amines is 1. The third-order valence-corrected chi connectivity index (χ3v) is 2.40. The molecule has 0 aliphatic heterocycles. The Bertz CT molecular complexity index is 264. The first kappa shape index (κ1) is 10.0. The fraction of sp³-hybridized carbons (Fsp3) is 0.500. The second kappa shape index (κ2) is 4.83. The topological polar surface area (TPSA) is 90.9 Å². The third kappa shape index (κ3) is 3.03. The lowest BCUT2D eigenvalue weighted by Gasteiger charge is -2.08. The molecule has 7 heteroatoms. The summed E-state index contributed by atoms with van der Waals surface area (Å²) in [5.74, 6) is -0.449. The summed E-state index contributed by atoms with van der Waals surface area (Å²) >= 11 is 1.32. The van der Waals surface area contributed by atoms with Crippen LogP contribution in [0.2, 0.25) is 0 Å². The average molecular weight is 202 g/mol. The Kier molecular flexibility index (Phi) is 3.71. The predicted octanol–water partition coefficient (Wildman–Crippen LogP) is -0.431. The molecule has 1 aromatic heterocycles. The van der Waals surface area contributed by atoms with Gasteiger partial charge in [-0.05, 0) is 7.05 Å². The van der Waals surface area contributed by atoms with E-state index in [4.69, 9.17) is 5.11 Å². The Balaban J connectivity index is 2.36. The number of H-pyrrole nitrogens is 1. The van der Waals surface area contributed by atoms with Gasteiger partial charge in [0.1, 0.15) is 12.4 Å². The standard InChI is InChI=1S/C6H10N4O2S/c1-7-4(5(11)12)2-13-6-8-3-9-10-6/h3-4,7H,2H2,1H3,(H,11,12)(H,8,9,10). The lowest BCUT2D eigenvalue weighted by atomic mass is 10.3. The fourth-order valence-corrected chi connectivity index (χ4v) is 1.58. The van der Waals surface area contributed by atoms with Crippen molar-refractivity contribution >= 4 is 17.7 Å². The van der Waals surface area contributed by atoms with Crippen molar-refractivity contribution in [3.05, 3.63) is 6.33 Å². The molecule has 0 aliphatic carbocycles. The quantitative estimate of drug-likeness (QED) is 0.561. The lowest BCUT2D eigenvalue weighted by Crippen LogP contribution is -2.35. The molecule has 0 fully saturated rings. The zero-order chi connectivity index (χ0) is 9.68. The minimum atomic E-state index is -0.866. The van der Waals surface area contributed by atoms with E-state index in [2.05, 4.69) is 20.5 Å². The first-order chi connectivity index (χ1) is 6.24. The van der Waals surface area contributed by atoms with Gasteiger partial charge in [-0.3, -0.25) is 9.89 Å². The normalized spacial score (nSPS) is 12.7. The van der Waals surface area contributed by atoms with E-state index >= 15 is 0 Å². The van der Waals surface area contributed by atoms with Crippen LogP contribution in [0.15, 0.2) is 11.5 Å². The van der Waals surface area contributed by atoms with Gasteiger partial charge in [0.25, 0.3) is 0 Å². The van der Waals surface area contributed by atoms with Gasteiger partial charge in [0.05, 0.1) is 0 Å². The van der Waals surface area contributed by atoms with Crippen molar-refractivity contribution in [2.24, 2.45) is 0 Å². The van der Waals surface area contributed by atoms with E-state index in [1.54, 1.807) is 7.05 Å². The van der Waals surface area contributed by atoms with E-state index in [1.807, 2.05) is 0 Å². The summed E-state index contributed by atoms with van der Waals surface area (Å²) in [7, 11) is 1.61. The molecule has 0 aliphatic rings. The number of carbonyl (C=O) groups is 1. The molecule has 0 amide bonds. The summed E-state index contributed by atoms with van der Waals surface area (Å²) in [6.07, 6.45) is 1.39. The third-order valence-electron chi connectivity index (χ3n) is 1.43. The van der Waals surface area contributed by atoms with E-state index in [1.165, 1.54) is 18.1 Å². The van der Waals surface area contributed by atoms with E-state index in [9.17, 15) is 4.79 Å². The number of carboxylic acid groups (broad SMARTS) is 1. The number of nitrogens with zero attached hydrogens (tertiary/aromatic N) is 2. The van der Waals surface area contributed by atoms with Crippen LogP contribution in [0.25, 0.3) is 0 Å². The monoisotopic (exact) mass is 202 g/mol. The fourth-order valence-electron chi connectivity index (χ4n) is 0.704. The molecular weight excluding hydrogens is 192 g/mol. The van der Waals surface area contributed by atoms with Crippen molar-refractivity contribution in [3.63, 3.8) is 0 Å². The van der Waals surface area contributed by atoms with E-state index in [0.29, 0.717) is 10.9 Å². The highest BCUT2D eigenvalue weighted by Gasteiger charge is 2.15. The molecule has 0 spiro atoms. The van der Waals surface area contributed by atoms with E-state index in [-0.39, 0.29) is 0 Å². The molecule has 6 nitrogen and oxygen atoms in total. The maximum Gasteiger partial charge on any atom is 0.321 e. The highest BCUT2D eigenvalue weighted by Crippen LogP contribution is 2.11. The minimum absolute atomic E-state index is 0.418. The van der Waals surface area contributed by atoms with Gasteiger partial charge < -0.3 is 10.4 Å². The van der Waals surface area contributed by atoms with Crippen LogP contribution >= 0.6 is 11.8 Å². The van der Waals surface area contributed by atoms with Gasteiger partial charge in [0.15, 0.2) is 5.16 Å². The molecule has 72 valence electrons. The van der Waals surface area contributed by atoms with Crippen LogP contribution in [0.4, 0.5) is 0 Å². The number of likely N-dealkylation sites (N-methyl/N-ethyl adjacent to an activating group) is 1. The molecule has 1 aromatic rings. The first-order valence-corrected chi connectivity index (χ1v) is 4.61. The van der Waals surface area contributed by atoms with Gasteiger partial charge in [-0.25, -0.2) is 4.98 Å². The predicted molar refractivity (Wildman–Crippen MR) is 47.6 cm³/mol. The molecule has 3 N–H and O–H groups in total. The number of nitrogens with one attached hydrogen (secondary N) is 2. The summed E-state index contributed by atoms with van der Waals surface area (Å²) in [5.41, 5.74) is 0. The van der Waals surface area contributed by atoms with Gasteiger partial charge >= 0.3 is 5.97 Å². The summed E-state index contributed by atoms with van der Waals surface area (Å²) in [4.78, 5) is 14.4. The summed E-state index contributed by atoms with van der Waals surface area (Å²) in [6.45, 7) is 0. The average Bonchev–Trinajstić information content (AvgIpc) is 2.57. The van der Waals surface area contributed by atoms with Gasteiger partial charge in [-0.15, -0.1) is 0 Å². The first-order valence-electron chi connectivity index (χ1n) is 3.62. The van der Waals surface area contributed by atoms with E-state index < -0.39 is 12.0 Å². The van der Waals surface area contributed by atoms with Crippen LogP contribution in [-0.2, 0) is 4.79 Å². The highest BCUT2D eigenvalue weighted by atomic mass is 32.2. The maximum absolute atomic E-state index is 10.6. The number of thioether (sulfide) groups is 1. The summed E-state index contributed by atoms with van der Waals surface area (Å²) < 4.78 is 0. The molecule has 0 radical (unpaired) electrons. The van der Waals surface area contributed by atoms with Crippen LogP contribution in [-0.4, -0.2) is 45.1 Å². The molecule has 0 saturated heterocycles. The van der Waals surface area contributed by atoms with Crippen molar-refractivity contribution in [3.8, 4) is 0 Å². The Morgan fingerprint density at radius 2 is 2.69 bits per heavy atom. The number of hydrogen-bond acceptors (Lipinski definition) is 5. The van der Waals surface area contributed by atoms with Gasteiger partial charge in [0.2, 0.25) is 0 Å². The van der Waals surface area contributed by atoms with Crippen LogP contribution in [0, 0.1) is 0 Å². The number of hydrogen-bond donors (Lipinski definition) is 3. The number of rotatable bonds is 5. The second-order valence-electron chi connectivity index (χ2n) is 2.28. The van der Waals surface area contributed by atoms with Crippen molar-refractivity contribution < 1.29 is 9.90 Å². The molecule has 0 aromatic carbocycles. The van der Waals surface area contributed by atoms with Crippen LogP contribution in [0.5, 0.6) is 0 Å². The van der Waals surface area contributed by atoms with Gasteiger partial charge in [-0.1, -0.05) is 11.8 Å². The molecular formula is C6H10N4O2S. The Morgan fingerprint density at radius 1 is 1.92 bits per heavy atom. The van der Waals surface area contributed by atoms with Gasteiger partial charge in [0, 0.05) is 5.75 Å². The molecule has 0 bridgehead atoms. The molecule has 1 heterocycles. The molecule has 13 heavy (non-hydrogen) atoms. The zero-order valence-electron chi connectivity index (χ0n) is 7.02. The van der Waals surface area contributed by atoms with Gasteiger partial charge in [-0.2, -0.15) is 5.10 Å². The Hall–Kier alpha value is -1.08. The molecule has 0 saturated carbocycles. The zero-order valence-corrected chi connectivity index (χ0v) is 7.84. The second-order valence-corrected chi connectivity index (χ2v) is 3.29.